The first-order chi connectivity index (χ1) is 8.61. The van der Waals surface area contributed by atoms with Crippen LogP contribution in [-0.2, 0) is 0 Å². The predicted octanol–water partition coefficient (Wildman–Crippen LogP) is 1.44. The second-order valence-electron chi connectivity index (χ2n) is 4.13. The maximum atomic E-state index is 12.3. The molecule has 90 valence electrons. The third-order valence-corrected chi connectivity index (χ3v) is 3.02. The van der Waals surface area contributed by atoms with E-state index in [2.05, 4.69) is 10.4 Å². The van der Waals surface area contributed by atoms with Crippen LogP contribution >= 0.6 is 0 Å². The Morgan fingerprint density at radius 1 is 0.889 bits per heavy atom. The highest BCUT2D eigenvalue weighted by Crippen LogP contribution is 2.31. The first-order valence-corrected chi connectivity index (χ1v) is 5.43. The number of fused-ring (bicyclic) bond motifs is 1. The molecular weight excluding hydrogens is 232 g/mol. The van der Waals surface area contributed by atoms with Gasteiger partial charge in [-0.2, -0.15) is 0 Å². The first kappa shape index (κ1) is 10.6. The fourth-order valence-corrected chi connectivity index (χ4v) is 2.19. The highest BCUT2D eigenvalue weighted by molar-refractivity contribution is 6.39. The van der Waals surface area contributed by atoms with E-state index < -0.39 is 0 Å². The zero-order chi connectivity index (χ0) is 12.9. The Kier molecular flexibility index (Phi) is 2.07. The summed E-state index contributed by atoms with van der Waals surface area (Å²) in [5, 5.41) is 10.4. The van der Waals surface area contributed by atoms with Crippen LogP contribution in [0.15, 0.2) is 46.1 Å². The Hall–Kier alpha value is -2.50. The first-order valence-electron chi connectivity index (χ1n) is 5.43. The van der Waals surface area contributed by atoms with Gasteiger partial charge in [0, 0.05) is 25.2 Å². The average Bonchev–Trinajstić information content (AvgIpc) is 2.81. The third-order valence-electron chi connectivity index (χ3n) is 3.02. The van der Waals surface area contributed by atoms with Gasteiger partial charge in [0.25, 0.3) is 0 Å². The average molecular weight is 242 g/mol. The molecule has 0 N–H and O–H groups in total. The number of allylic oxidation sites excluding steroid dienone is 1. The van der Waals surface area contributed by atoms with Gasteiger partial charge >= 0.3 is 0 Å². The molecule has 0 fully saturated rings. The quantitative estimate of drug-likeness (QED) is 0.510. The van der Waals surface area contributed by atoms with Gasteiger partial charge < -0.3 is 0 Å². The minimum Gasteiger partial charge on any atom is -0.288 e. The Morgan fingerprint density at radius 3 is 1.78 bits per heavy atom. The lowest BCUT2D eigenvalue weighted by Crippen LogP contribution is -2.22. The van der Waals surface area contributed by atoms with Crippen molar-refractivity contribution in [3.8, 4) is 0 Å². The number of hydrogen-bond acceptors (Lipinski definition) is 6. The van der Waals surface area contributed by atoms with Crippen LogP contribution in [0.5, 0.6) is 0 Å². The SMILES string of the molecule is CN1N=NN(C)C1=C1C(=O)c2ccccc2C1=O. The molecule has 0 aromatic heterocycles. The molecule has 1 aliphatic heterocycles. The van der Waals surface area contributed by atoms with Crippen molar-refractivity contribution in [3.63, 3.8) is 0 Å². The van der Waals surface area contributed by atoms with Gasteiger partial charge in [-0.3, -0.25) is 9.59 Å². The lowest BCUT2D eigenvalue weighted by molar-refractivity contribution is 0.0978. The van der Waals surface area contributed by atoms with Crippen molar-refractivity contribution in [2.75, 3.05) is 14.1 Å². The number of benzene rings is 1. The Balaban J connectivity index is 2.22. The number of carbonyl (C=O) groups excluding carboxylic acids is 2. The standard InChI is InChI=1S/C12H10N4O2/c1-15-12(16(2)14-13-15)9-10(17)7-5-3-4-6-8(7)11(9)18/h3-6H,1-2H3. The molecule has 0 saturated carbocycles. The molecule has 3 rings (SSSR count). The molecule has 0 radical (unpaired) electrons. The number of rotatable bonds is 0. The largest absolute Gasteiger partial charge is 0.288 e. The molecule has 0 amide bonds. The summed E-state index contributed by atoms with van der Waals surface area (Å²) in [7, 11) is 3.30. The summed E-state index contributed by atoms with van der Waals surface area (Å²) in [6.07, 6.45) is 0. The molecule has 6 heteroatoms. The lowest BCUT2D eigenvalue weighted by atomic mass is 10.1. The fraction of sp³-hybridized carbons (Fsp3) is 0.167. The molecular formula is C12H10N4O2. The molecule has 1 heterocycles. The zero-order valence-corrected chi connectivity index (χ0v) is 9.91. The summed E-state index contributed by atoms with van der Waals surface area (Å²) in [4.78, 5) is 24.5. The van der Waals surface area contributed by atoms with Crippen LogP contribution in [0.25, 0.3) is 0 Å². The van der Waals surface area contributed by atoms with Gasteiger partial charge in [0.2, 0.25) is 11.6 Å². The maximum absolute atomic E-state index is 12.3. The third kappa shape index (κ3) is 1.22. The van der Waals surface area contributed by atoms with E-state index in [-0.39, 0.29) is 17.1 Å². The molecule has 1 aromatic carbocycles. The van der Waals surface area contributed by atoms with E-state index in [9.17, 15) is 9.59 Å². The van der Waals surface area contributed by atoms with Crippen molar-refractivity contribution in [3.05, 3.63) is 46.8 Å². The van der Waals surface area contributed by atoms with Crippen LogP contribution in [-0.4, -0.2) is 35.7 Å². The molecule has 18 heavy (non-hydrogen) atoms. The molecule has 0 atom stereocenters. The van der Waals surface area contributed by atoms with Crippen LogP contribution in [0, 0.1) is 0 Å². The van der Waals surface area contributed by atoms with Crippen molar-refractivity contribution in [1.82, 2.24) is 10.0 Å². The molecule has 0 saturated heterocycles. The molecule has 0 spiro atoms. The van der Waals surface area contributed by atoms with Crippen molar-refractivity contribution in [2.24, 2.45) is 10.4 Å². The summed E-state index contributed by atoms with van der Waals surface area (Å²) >= 11 is 0. The molecule has 1 aliphatic carbocycles. The summed E-state index contributed by atoms with van der Waals surface area (Å²) in [5.41, 5.74) is 1.02. The number of hydrogen-bond donors (Lipinski definition) is 0. The maximum Gasteiger partial charge on any atom is 0.201 e. The Morgan fingerprint density at radius 2 is 1.33 bits per heavy atom. The van der Waals surface area contributed by atoms with Crippen molar-refractivity contribution in [2.45, 2.75) is 0 Å². The van der Waals surface area contributed by atoms with Gasteiger partial charge in [0.05, 0.1) is 0 Å². The topological polar surface area (TPSA) is 65.3 Å². The van der Waals surface area contributed by atoms with Crippen molar-refractivity contribution in [1.29, 1.82) is 0 Å². The predicted molar refractivity (Wildman–Crippen MR) is 62.5 cm³/mol. The molecule has 6 nitrogen and oxygen atoms in total. The zero-order valence-electron chi connectivity index (χ0n) is 9.91. The summed E-state index contributed by atoms with van der Waals surface area (Å²) in [5.74, 6) is -0.116. The smallest absolute Gasteiger partial charge is 0.201 e. The Bertz CT molecular complexity index is 582. The van der Waals surface area contributed by atoms with E-state index in [1.54, 1.807) is 38.4 Å². The van der Waals surface area contributed by atoms with Crippen LogP contribution in [0.4, 0.5) is 0 Å². The highest BCUT2D eigenvalue weighted by atomic mass is 16.2. The molecule has 1 aromatic rings. The van der Waals surface area contributed by atoms with Crippen LogP contribution in [0.3, 0.4) is 0 Å². The van der Waals surface area contributed by atoms with Crippen LogP contribution in [0.2, 0.25) is 0 Å². The number of carbonyl (C=O) groups is 2. The van der Waals surface area contributed by atoms with Crippen LogP contribution in [0.1, 0.15) is 20.7 Å². The summed E-state index contributed by atoms with van der Waals surface area (Å²) in [6.45, 7) is 0. The van der Waals surface area contributed by atoms with Gasteiger partial charge in [0.15, 0.2) is 5.82 Å². The van der Waals surface area contributed by atoms with Crippen molar-refractivity contribution < 1.29 is 9.59 Å². The minimum absolute atomic E-state index is 0.131. The van der Waals surface area contributed by atoms with Gasteiger partial charge in [-0.1, -0.05) is 24.3 Å². The summed E-state index contributed by atoms with van der Waals surface area (Å²) in [6, 6.07) is 6.81. The van der Waals surface area contributed by atoms with Gasteiger partial charge in [-0.15, -0.1) is 0 Å². The monoisotopic (exact) mass is 242 g/mol. The molecule has 0 unspecified atom stereocenters. The van der Waals surface area contributed by atoms with E-state index in [0.717, 1.165) is 0 Å². The minimum atomic E-state index is -0.267. The molecule has 2 aliphatic rings. The van der Waals surface area contributed by atoms with Gasteiger partial charge in [0.1, 0.15) is 5.57 Å². The van der Waals surface area contributed by atoms with E-state index in [0.29, 0.717) is 16.9 Å². The second-order valence-corrected chi connectivity index (χ2v) is 4.13. The number of nitrogens with zero attached hydrogens (tertiary/aromatic N) is 4. The number of ketones is 2. The van der Waals surface area contributed by atoms with Gasteiger partial charge in [-0.25, -0.2) is 10.0 Å². The molecule has 0 bridgehead atoms. The normalized spacial score (nSPS) is 18.1. The number of Topliss-reactive ketones (excluding diaryl/α,β-unsaturated/α-hetero) is 2. The van der Waals surface area contributed by atoms with E-state index in [1.165, 1.54) is 10.0 Å². The van der Waals surface area contributed by atoms with Gasteiger partial charge in [-0.05, 0) is 10.4 Å². The lowest BCUT2D eigenvalue weighted by Gasteiger charge is -2.14. The fourth-order valence-electron chi connectivity index (χ4n) is 2.19. The Labute approximate surface area is 103 Å². The van der Waals surface area contributed by atoms with E-state index in [4.69, 9.17) is 0 Å². The van der Waals surface area contributed by atoms with Crippen molar-refractivity contribution >= 4 is 11.6 Å². The van der Waals surface area contributed by atoms with Crippen LogP contribution < -0.4 is 0 Å². The highest BCUT2D eigenvalue weighted by Gasteiger charge is 2.39. The van der Waals surface area contributed by atoms with E-state index >= 15 is 0 Å². The van der Waals surface area contributed by atoms with E-state index in [1.807, 2.05) is 0 Å². The second kappa shape index (κ2) is 3.49. The summed E-state index contributed by atoms with van der Waals surface area (Å²) < 4.78 is 0.